The molecule has 0 bridgehead atoms. The van der Waals surface area contributed by atoms with Crippen LogP contribution in [-0.4, -0.2) is 51.5 Å². The molecule has 7 nitrogen and oxygen atoms in total. The number of anilines is 1. The quantitative estimate of drug-likeness (QED) is 0.653. The van der Waals surface area contributed by atoms with Gasteiger partial charge in [0.2, 0.25) is 5.91 Å². The maximum atomic E-state index is 12.7. The Morgan fingerprint density at radius 1 is 1.00 bits per heavy atom. The van der Waals surface area contributed by atoms with Crippen molar-refractivity contribution in [3.8, 4) is 0 Å². The SMILES string of the molecule is O=C(Cn1cnc2ccccc2c1=O)N1CCN(c2ccc(C(F)(F)F)cn2)CC1. The van der Waals surface area contributed by atoms with Gasteiger partial charge in [0.15, 0.2) is 0 Å². The summed E-state index contributed by atoms with van der Waals surface area (Å²) in [5.41, 5.74) is -0.500. The van der Waals surface area contributed by atoms with Crippen LogP contribution in [-0.2, 0) is 17.5 Å². The van der Waals surface area contributed by atoms with E-state index in [-0.39, 0.29) is 18.0 Å². The molecule has 2 aromatic heterocycles. The summed E-state index contributed by atoms with van der Waals surface area (Å²) in [6, 6.07) is 9.26. The standard InChI is InChI=1S/C20H18F3N5O2/c21-20(22,23)14-5-6-17(24-11-14)26-7-9-27(10-8-26)18(29)12-28-13-25-16-4-2-1-3-15(16)19(28)30/h1-6,11,13H,7-10,12H2. The second kappa shape index (κ2) is 7.77. The largest absolute Gasteiger partial charge is 0.417 e. The molecule has 30 heavy (non-hydrogen) atoms. The number of hydrogen-bond donors (Lipinski definition) is 0. The number of para-hydroxylation sites is 1. The lowest BCUT2D eigenvalue weighted by molar-refractivity contribution is -0.138. The van der Waals surface area contributed by atoms with Crippen molar-refractivity contribution < 1.29 is 18.0 Å². The van der Waals surface area contributed by atoms with Crippen molar-refractivity contribution >= 4 is 22.6 Å². The zero-order valence-electron chi connectivity index (χ0n) is 15.8. The van der Waals surface area contributed by atoms with Crippen molar-refractivity contribution in [2.75, 3.05) is 31.1 Å². The zero-order chi connectivity index (χ0) is 21.3. The third-order valence-electron chi connectivity index (χ3n) is 5.07. The molecular weight excluding hydrogens is 399 g/mol. The summed E-state index contributed by atoms with van der Waals surface area (Å²) in [4.78, 5) is 36.7. The van der Waals surface area contributed by atoms with Crippen LogP contribution in [0.3, 0.4) is 0 Å². The number of benzene rings is 1. The number of halogens is 3. The Labute approximate surface area is 169 Å². The van der Waals surface area contributed by atoms with Crippen molar-refractivity contribution in [3.63, 3.8) is 0 Å². The number of alkyl halides is 3. The third kappa shape index (κ3) is 3.98. The summed E-state index contributed by atoms with van der Waals surface area (Å²) in [6.07, 6.45) is -2.25. The summed E-state index contributed by atoms with van der Waals surface area (Å²) in [6.45, 7) is 1.54. The van der Waals surface area contributed by atoms with Gasteiger partial charge < -0.3 is 9.80 Å². The lowest BCUT2D eigenvalue weighted by Gasteiger charge is -2.35. The first kappa shape index (κ1) is 19.9. The molecule has 10 heteroatoms. The average molecular weight is 417 g/mol. The van der Waals surface area contributed by atoms with Gasteiger partial charge in [-0.1, -0.05) is 12.1 Å². The number of carbonyl (C=O) groups is 1. The van der Waals surface area contributed by atoms with Crippen LogP contribution in [0.4, 0.5) is 19.0 Å². The van der Waals surface area contributed by atoms with Crippen LogP contribution in [0.1, 0.15) is 5.56 Å². The normalized spacial score (nSPS) is 14.9. The van der Waals surface area contributed by atoms with Crippen LogP contribution in [0.2, 0.25) is 0 Å². The van der Waals surface area contributed by atoms with Gasteiger partial charge >= 0.3 is 6.18 Å². The van der Waals surface area contributed by atoms with Gasteiger partial charge in [0.1, 0.15) is 12.4 Å². The molecule has 0 atom stereocenters. The van der Waals surface area contributed by atoms with E-state index in [2.05, 4.69) is 9.97 Å². The number of rotatable bonds is 3. The minimum Gasteiger partial charge on any atom is -0.353 e. The highest BCUT2D eigenvalue weighted by Gasteiger charge is 2.31. The molecule has 0 unspecified atom stereocenters. The summed E-state index contributed by atoms with van der Waals surface area (Å²) in [5.74, 6) is 0.222. The molecule has 4 rings (SSSR count). The van der Waals surface area contributed by atoms with E-state index < -0.39 is 11.7 Å². The van der Waals surface area contributed by atoms with Crippen LogP contribution in [0.5, 0.6) is 0 Å². The van der Waals surface area contributed by atoms with Gasteiger partial charge in [-0.25, -0.2) is 9.97 Å². The van der Waals surface area contributed by atoms with Crippen LogP contribution in [0.15, 0.2) is 53.7 Å². The minimum absolute atomic E-state index is 0.116. The van der Waals surface area contributed by atoms with E-state index in [0.717, 1.165) is 12.3 Å². The molecule has 1 amide bonds. The van der Waals surface area contributed by atoms with Crippen molar-refractivity contribution in [3.05, 3.63) is 64.8 Å². The molecule has 156 valence electrons. The molecule has 1 aromatic carbocycles. The van der Waals surface area contributed by atoms with Crippen molar-refractivity contribution in [2.45, 2.75) is 12.7 Å². The van der Waals surface area contributed by atoms with E-state index in [9.17, 15) is 22.8 Å². The summed E-state index contributed by atoms with van der Waals surface area (Å²) < 4.78 is 39.3. The Hall–Kier alpha value is -3.43. The van der Waals surface area contributed by atoms with Gasteiger partial charge in [-0.05, 0) is 24.3 Å². The van der Waals surface area contributed by atoms with Crippen LogP contribution < -0.4 is 10.5 Å². The van der Waals surface area contributed by atoms with Crippen molar-refractivity contribution in [1.82, 2.24) is 19.4 Å². The first-order valence-corrected chi connectivity index (χ1v) is 9.33. The lowest BCUT2D eigenvalue weighted by Crippen LogP contribution is -2.50. The monoisotopic (exact) mass is 417 g/mol. The van der Waals surface area contributed by atoms with E-state index in [1.165, 1.54) is 17.0 Å². The molecule has 1 fully saturated rings. The molecule has 1 saturated heterocycles. The number of hydrogen-bond acceptors (Lipinski definition) is 5. The van der Waals surface area contributed by atoms with Crippen LogP contribution in [0.25, 0.3) is 10.9 Å². The summed E-state index contributed by atoms with van der Waals surface area (Å²) in [5, 5.41) is 0.450. The maximum absolute atomic E-state index is 12.7. The Kier molecular flexibility index (Phi) is 5.15. The molecule has 0 saturated carbocycles. The first-order valence-electron chi connectivity index (χ1n) is 9.33. The van der Waals surface area contributed by atoms with E-state index in [0.29, 0.717) is 42.9 Å². The second-order valence-electron chi connectivity index (χ2n) is 6.97. The zero-order valence-corrected chi connectivity index (χ0v) is 15.8. The lowest BCUT2D eigenvalue weighted by atomic mass is 10.2. The van der Waals surface area contributed by atoms with Gasteiger partial charge in [0, 0.05) is 32.4 Å². The van der Waals surface area contributed by atoms with Gasteiger partial charge in [-0.3, -0.25) is 14.2 Å². The highest BCUT2D eigenvalue weighted by atomic mass is 19.4. The smallest absolute Gasteiger partial charge is 0.353 e. The Bertz CT molecular complexity index is 1120. The molecule has 0 radical (unpaired) electrons. The third-order valence-corrected chi connectivity index (χ3v) is 5.07. The molecule has 3 heterocycles. The average Bonchev–Trinajstić information content (AvgIpc) is 2.75. The predicted octanol–water partition coefficient (Wildman–Crippen LogP) is 2.16. The van der Waals surface area contributed by atoms with E-state index in [1.807, 2.05) is 4.90 Å². The molecular formula is C20H18F3N5O2. The highest BCUT2D eigenvalue weighted by molar-refractivity contribution is 5.79. The fourth-order valence-corrected chi connectivity index (χ4v) is 3.39. The minimum atomic E-state index is -4.42. The Morgan fingerprint density at radius 3 is 2.40 bits per heavy atom. The number of carbonyl (C=O) groups excluding carboxylic acids is 1. The number of amides is 1. The number of piperazine rings is 1. The topological polar surface area (TPSA) is 71.3 Å². The van der Waals surface area contributed by atoms with Gasteiger partial charge in [0.05, 0.1) is 22.8 Å². The van der Waals surface area contributed by atoms with E-state index >= 15 is 0 Å². The van der Waals surface area contributed by atoms with Gasteiger partial charge in [-0.15, -0.1) is 0 Å². The van der Waals surface area contributed by atoms with Crippen molar-refractivity contribution in [1.29, 1.82) is 0 Å². The molecule has 3 aromatic rings. The first-order chi connectivity index (χ1) is 14.3. The Morgan fingerprint density at radius 2 is 1.73 bits per heavy atom. The van der Waals surface area contributed by atoms with Gasteiger partial charge in [0.25, 0.3) is 5.56 Å². The predicted molar refractivity (Wildman–Crippen MR) is 104 cm³/mol. The summed E-state index contributed by atoms with van der Waals surface area (Å²) in [7, 11) is 0. The highest BCUT2D eigenvalue weighted by Crippen LogP contribution is 2.29. The number of pyridine rings is 1. The maximum Gasteiger partial charge on any atom is 0.417 e. The molecule has 1 aliphatic heterocycles. The molecule has 0 N–H and O–H groups in total. The second-order valence-corrected chi connectivity index (χ2v) is 6.97. The molecule has 1 aliphatic rings. The molecule has 0 aliphatic carbocycles. The summed E-state index contributed by atoms with van der Waals surface area (Å²) >= 11 is 0. The fraction of sp³-hybridized carbons (Fsp3) is 0.300. The number of aromatic nitrogens is 3. The fourth-order valence-electron chi connectivity index (χ4n) is 3.39. The number of fused-ring (bicyclic) bond motifs is 1. The van der Waals surface area contributed by atoms with E-state index in [4.69, 9.17) is 0 Å². The Balaban J connectivity index is 1.39. The van der Waals surface area contributed by atoms with Gasteiger partial charge in [-0.2, -0.15) is 13.2 Å². The van der Waals surface area contributed by atoms with Crippen LogP contribution >= 0.6 is 0 Å². The van der Waals surface area contributed by atoms with Crippen molar-refractivity contribution in [2.24, 2.45) is 0 Å². The van der Waals surface area contributed by atoms with E-state index in [1.54, 1.807) is 29.2 Å². The van der Waals surface area contributed by atoms with Crippen LogP contribution in [0, 0.1) is 0 Å². The molecule has 0 spiro atoms. The number of nitrogens with zero attached hydrogens (tertiary/aromatic N) is 5.